The highest BCUT2D eigenvalue weighted by Crippen LogP contribution is 2.23. The summed E-state index contributed by atoms with van der Waals surface area (Å²) < 4.78 is 5.16. The van der Waals surface area contributed by atoms with E-state index in [1.807, 2.05) is 12.1 Å². The molecular formula is C15H23NO. The molecule has 1 aromatic carbocycles. The van der Waals surface area contributed by atoms with Crippen molar-refractivity contribution in [2.75, 3.05) is 7.11 Å². The molecule has 2 rings (SSSR count). The maximum absolute atomic E-state index is 5.16. The molecule has 1 aliphatic rings. The molecule has 1 aliphatic carbocycles. The molecule has 0 heterocycles. The van der Waals surface area contributed by atoms with E-state index in [-0.39, 0.29) is 0 Å². The van der Waals surface area contributed by atoms with E-state index in [4.69, 9.17) is 4.74 Å². The number of methoxy groups -OCH3 is 1. The van der Waals surface area contributed by atoms with Crippen LogP contribution in [0.5, 0.6) is 5.75 Å². The first kappa shape index (κ1) is 12.4. The topological polar surface area (TPSA) is 21.3 Å². The first-order valence-corrected chi connectivity index (χ1v) is 6.64. The molecule has 1 N–H and O–H groups in total. The van der Waals surface area contributed by atoms with Gasteiger partial charge in [-0.2, -0.15) is 0 Å². The van der Waals surface area contributed by atoms with Crippen LogP contribution in [0.15, 0.2) is 24.3 Å². The summed E-state index contributed by atoms with van der Waals surface area (Å²) in [7, 11) is 1.70. The van der Waals surface area contributed by atoms with E-state index < -0.39 is 0 Å². The van der Waals surface area contributed by atoms with Gasteiger partial charge in [0, 0.05) is 12.6 Å². The smallest absolute Gasteiger partial charge is 0.118 e. The van der Waals surface area contributed by atoms with Crippen LogP contribution in [0.2, 0.25) is 0 Å². The van der Waals surface area contributed by atoms with Crippen molar-refractivity contribution in [3.05, 3.63) is 29.8 Å². The fourth-order valence-corrected chi connectivity index (χ4v) is 2.47. The lowest BCUT2D eigenvalue weighted by Gasteiger charge is -2.27. The average molecular weight is 233 g/mol. The van der Waals surface area contributed by atoms with E-state index in [0.29, 0.717) is 6.04 Å². The van der Waals surface area contributed by atoms with Crippen molar-refractivity contribution in [1.29, 1.82) is 0 Å². The van der Waals surface area contributed by atoms with E-state index in [1.54, 1.807) is 7.11 Å². The minimum Gasteiger partial charge on any atom is -0.497 e. The molecule has 1 fully saturated rings. The van der Waals surface area contributed by atoms with Gasteiger partial charge < -0.3 is 10.1 Å². The van der Waals surface area contributed by atoms with Crippen LogP contribution in [0.3, 0.4) is 0 Å². The number of benzene rings is 1. The van der Waals surface area contributed by atoms with E-state index in [0.717, 1.165) is 18.2 Å². The zero-order chi connectivity index (χ0) is 12.1. The van der Waals surface area contributed by atoms with Gasteiger partial charge in [0.05, 0.1) is 7.11 Å². The maximum atomic E-state index is 5.16. The van der Waals surface area contributed by atoms with E-state index in [2.05, 4.69) is 24.4 Å². The van der Waals surface area contributed by atoms with Gasteiger partial charge >= 0.3 is 0 Å². The lowest BCUT2D eigenvalue weighted by atomic mass is 9.87. The summed E-state index contributed by atoms with van der Waals surface area (Å²) in [5.41, 5.74) is 1.34. The molecule has 0 saturated heterocycles. The molecule has 0 spiro atoms. The van der Waals surface area contributed by atoms with Gasteiger partial charge in [-0.3, -0.25) is 0 Å². The van der Waals surface area contributed by atoms with Gasteiger partial charge in [-0.15, -0.1) is 0 Å². The van der Waals surface area contributed by atoms with Crippen molar-refractivity contribution in [3.63, 3.8) is 0 Å². The van der Waals surface area contributed by atoms with E-state index in [9.17, 15) is 0 Å². The molecule has 0 aromatic heterocycles. The van der Waals surface area contributed by atoms with Crippen LogP contribution in [0.25, 0.3) is 0 Å². The molecule has 1 saturated carbocycles. The van der Waals surface area contributed by atoms with Crippen molar-refractivity contribution in [3.8, 4) is 5.75 Å². The van der Waals surface area contributed by atoms with Gasteiger partial charge in [0.2, 0.25) is 0 Å². The van der Waals surface area contributed by atoms with Crippen LogP contribution < -0.4 is 10.1 Å². The highest BCUT2D eigenvalue weighted by molar-refractivity contribution is 5.27. The predicted molar refractivity (Wildman–Crippen MR) is 71.3 cm³/mol. The lowest BCUT2D eigenvalue weighted by Crippen LogP contribution is -2.32. The molecule has 0 aliphatic heterocycles. The van der Waals surface area contributed by atoms with Gasteiger partial charge in [0.1, 0.15) is 5.75 Å². The summed E-state index contributed by atoms with van der Waals surface area (Å²) in [6, 6.07) is 9.04. The van der Waals surface area contributed by atoms with Crippen LogP contribution >= 0.6 is 0 Å². The van der Waals surface area contributed by atoms with Crippen molar-refractivity contribution in [2.24, 2.45) is 5.92 Å². The Labute approximate surface area is 104 Å². The second kappa shape index (κ2) is 6.06. The molecule has 17 heavy (non-hydrogen) atoms. The fourth-order valence-electron chi connectivity index (χ4n) is 2.47. The fraction of sp³-hybridized carbons (Fsp3) is 0.600. The number of rotatable bonds is 4. The Morgan fingerprint density at radius 3 is 2.35 bits per heavy atom. The first-order valence-electron chi connectivity index (χ1n) is 6.64. The molecule has 0 atom stereocenters. The first-order chi connectivity index (χ1) is 8.28. The van der Waals surface area contributed by atoms with Crippen molar-refractivity contribution in [2.45, 2.75) is 45.2 Å². The summed E-state index contributed by atoms with van der Waals surface area (Å²) in [4.78, 5) is 0. The van der Waals surface area contributed by atoms with E-state index in [1.165, 1.54) is 31.2 Å². The molecular weight excluding hydrogens is 210 g/mol. The normalized spacial score (nSPS) is 24.6. The Kier molecular flexibility index (Phi) is 4.43. The Bertz CT molecular complexity index is 325. The van der Waals surface area contributed by atoms with Gasteiger partial charge in [0.15, 0.2) is 0 Å². The molecule has 0 amide bonds. The zero-order valence-corrected chi connectivity index (χ0v) is 10.9. The van der Waals surface area contributed by atoms with Crippen LogP contribution in [-0.2, 0) is 6.54 Å². The summed E-state index contributed by atoms with van der Waals surface area (Å²) >= 11 is 0. The van der Waals surface area contributed by atoms with Gasteiger partial charge in [-0.05, 0) is 49.3 Å². The summed E-state index contributed by atoms with van der Waals surface area (Å²) in [5.74, 6) is 1.86. The minimum absolute atomic E-state index is 0.716. The summed E-state index contributed by atoms with van der Waals surface area (Å²) in [6.07, 6.45) is 5.41. The third-order valence-corrected chi connectivity index (χ3v) is 3.77. The highest BCUT2D eigenvalue weighted by atomic mass is 16.5. The molecule has 0 bridgehead atoms. The van der Waals surface area contributed by atoms with Gasteiger partial charge in [-0.25, -0.2) is 0 Å². The zero-order valence-electron chi connectivity index (χ0n) is 10.9. The Balaban J connectivity index is 1.77. The van der Waals surface area contributed by atoms with Gasteiger partial charge in [0.25, 0.3) is 0 Å². The summed E-state index contributed by atoms with van der Waals surface area (Å²) in [5, 5.41) is 3.66. The predicted octanol–water partition coefficient (Wildman–Crippen LogP) is 3.36. The van der Waals surface area contributed by atoms with Crippen molar-refractivity contribution in [1.82, 2.24) is 5.32 Å². The molecule has 1 aromatic rings. The largest absolute Gasteiger partial charge is 0.497 e. The highest BCUT2D eigenvalue weighted by Gasteiger charge is 2.17. The Morgan fingerprint density at radius 2 is 1.76 bits per heavy atom. The summed E-state index contributed by atoms with van der Waals surface area (Å²) in [6.45, 7) is 3.34. The molecule has 0 unspecified atom stereocenters. The SMILES string of the molecule is COc1ccc(CN[C@H]2CC[C@H](C)CC2)cc1. The maximum Gasteiger partial charge on any atom is 0.118 e. The Morgan fingerprint density at radius 1 is 1.12 bits per heavy atom. The number of nitrogens with one attached hydrogen (secondary N) is 1. The molecule has 0 radical (unpaired) electrons. The van der Waals surface area contributed by atoms with Crippen LogP contribution in [0.1, 0.15) is 38.2 Å². The van der Waals surface area contributed by atoms with Crippen molar-refractivity contribution >= 4 is 0 Å². The lowest BCUT2D eigenvalue weighted by molar-refractivity contribution is 0.306. The standard InChI is InChI=1S/C15H23NO/c1-12-3-7-14(8-4-12)16-11-13-5-9-15(17-2)10-6-13/h5-6,9-10,12,14,16H,3-4,7-8,11H2,1-2H3/t12-,14-. The van der Waals surface area contributed by atoms with Gasteiger partial charge in [-0.1, -0.05) is 19.1 Å². The third-order valence-electron chi connectivity index (χ3n) is 3.77. The molecule has 2 heteroatoms. The van der Waals surface area contributed by atoms with Crippen molar-refractivity contribution < 1.29 is 4.74 Å². The Hall–Kier alpha value is -1.02. The van der Waals surface area contributed by atoms with Crippen LogP contribution in [-0.4, -0.2) is 13.2 Å². The monoisotopic (exact) mass is 233 g/mol. The van der Waals surface area contributed by atoms with Crippen LogP contribution in [0.4, 0.5) is 0 Å². The minimum atomic E-state index is 0.716. The average Bonchev–Trinajstić information content (AvgIpc) is 2.39. The number of hydrogen-bond acceptors (Lipinski definition) is 2. The quantitative estimate of drug-likeness (QED) is 0.861. The third kappa shape index (κ3) is 3.74. The molecule has 94 valence electrons. The number of ether oxygens (including phenoxy) is 1. The number of hydrogen-bond donors (Lipinski definition) is 1. The van der Waals surface area contributed by atoms with E-state index >= 15 is 0 Å². The van der Waals surface area contributed by atoms with Crippen LogP contribution in [0, 0.1) is 5.92 Å². The second-order valence-corrected chi connectivity index (χ2v) is 5.19. The molecule has 2 nitrogen and oxygen atoms in total. The second-order valence-electron chi connectivity index (χ2n) is 5.19.